The monoisotopic (exact) mass is 428 g/mol. The fourth-order valence-electron chi connectivity index (χ4n) is 3.39. The molecule has 2 aromatic rings. The van der Waals surface area contributed by atoms with Crippen molar-refractivity contribution in [3.05, 3.63) is 35.7 Å². The van der Waals surface area contributed by atoms with Gasteiger partial charge in [0.1, 0.15) is 5.15 Å². The molecule has 0 saturated heterocycles. The Balaban J connectivity index is 1.76. The molecule has 2 aromatic heterocycles. The molecular formula is C20H24ClF3N4O. The molecule has 0 atom stereocenters. The molecule has 1 fully saturated rings. The molecule has 0 bridgehead atoms. The summed E-state index contributed by atoms with van der Waals surface area (Å²) < 4.78 is 37.1. The van der Waals surface area contributed by atoms with Crippen molar-refractivity contribution in [1.82, 2.24) is 9.97 Å². The number of anilines is 2. The second-order valence-corrected chi connectivity index (χ2v) is 8.08. The van der Waals surface area contributed by atoms with Crippen molar-refractivity contribution in [1.29, 1.82) is 0 Å². The van der Waals surface area contributed by atoms with Gasteiger partial charge in [-0.25, -0.2) is 4.98 Å². The zero-order valence-electron chi connectivity index (χ0n) is 16.1. The average Bonchev–Trinajstić information content (AvgIpc) is 2.63. The molecule has 0 amide bonds. The number of rotatable bonds is 6. The van der Waals surface area contributed by atoms with E-state index < -0.39 is 18.2 Å². The number of halogens is 4. The summed E-state index contributed by atoms with van der Waals surface area (Å²) in [6.07, 6.45) is 1.08. The van der Waals surface area contributed by atoms with Gasteiger partial charge < -0.3 is 15.7 Å². The van der Waals surface area contributed by atoms with Crippen molar-refractivity contribution < 1.29 is 18.3 Å². The van der Waals surface area contributed by atoms with Crippen LogP contribution in [0.3, 0.4) is 0 Å². The number of nitrogens with zero attached hydrogens (tertiary/aromatic N) is 2. The van der Waals surface area contributed by atoms with Crippen LogP contribution >= 0.6 is 11.6 Å². The minimum absolute atomic E-state index is 0.181. The summed E-state index contributed by atoms with van der Waals surface area (Å²) in [6, 6.07) is 5.22. The van der Waals surface area contributed by atoms with Gasteiger partial charge in [-0.3, -0.25) is 4.98 Å². The molecule has 3 N–H and O–H groups in total. The molecule has 3 rings (SSSR count). The molecule has 1 saturated carbocycles. The molecule has 0 unspecified atom stereocenters. The largest absolute Gasteiger partial charge is 0.390 e. The molecule has 29 heavy (non-hydrogen) atoms. The van der Waals surface area contributed by atoms with Crippen LogP contribution in [-0.2, 0) is 0 Å². The molecular weight excluding hydrogens is 405 g/mol. The van der Waals surface area contributed by atoms with E-state index in [-0.39, 0.29) is 12.6 Å². The first-order valence-electron chi connectivity index (χ1n) is 9.53. The van der Waals surface area contributed by atoms with Crippen LogP contribution < -0.4 is 10.6 Å². The summed E-state index contributed by atoms with van der Waals surface area (Å²) in [5, 5.41) is 16.7. The number of hydrogen-bond donors (Lipinski definition) is 3. The standard InChI is InChI=1S/C20H24ClF3N4O/c1-19(29)5-2-13(3-6-19)28-17-11-18(21)27-12-15(17)16-10-14(4-8-26-16)25-9-7-20(22,23)24/h4,8,10-13,29H,2-3,5-7,9H2,1H3,(H,25,26)(H,27,28). The smallest absolute Gasteiger partial charge is 0.390 e. The van der Waals surface area contributed by atoms with Gasteiger partial charge in [0, 0.05) is 41.9 Å². The first-order valence-corrected chi connectivity index (χ1v) is 9.91. The number of pyridine rings is 2. The maximum absolute atomic E-state index is 12.4. The molecule has 1 aliphatic carbocycles. The number of hydrogen-bond acceptors (Lipinski definition) is 5. The fourth-order valence-corrected chi connectivity index (χ4v) is 3.55. The van der Waals surface area contributed by atoms with Gasteiger partial charge in [-0.2, -0.15) is 13.2 Å². The summed E-state index contributed by atoms with van der Waals surface area (Å²) in [4.78, 5) is 8.48. The SMILES string of the molecule is CC1(O)CCC(Nc2cc(Cl)ncc2-c2cc(NCCC(F)(F)F)ccn2)CC1. The fraction of sp³-hybridized carbons (Fsp3) is 0.500. The van der Waals surface area contributed by atoms with E-state index in [0.29, 0.717) is 34.9 Å². The number of nitrogens with one attached hydrogen (secondary N) is 2. The third kappa shape index (κ3) is 6.47. The summed E-state index contributed by atoms with van der Waals surface area (Å²) in [6.45, 7) is 1.64. The van der Waals surface area contributed by atoms with Crippen molar-refractivity contribution >= 4 is 23.0 Å². The van der Waals surface area contributed by atoms with Gasteiger partial charge in [0.05, 0.1) is 17.7 Å². The van der Waals surface area contributed by atoms with Crippen LogP contribution in [0.5, 0.6) is 0 Å². The highest BCUT2D eigenvalue weighted by Crippen LogP contribution is 2.34. The van der Waals surface area contributed by atoms with E-state index in [9.17, 15) is 18.3 Å². The number of aromatic nitrogens is 2. The maximum atomic E-state index is 12.4. The third-order valence-electron chi connectivity index (χ3n) is 5.07. The minimum Gasteiger partial charge on any atom is -0.390 e. The topological polar surface area (TPSA) is 70.1 Å². The van der Waals surface area contributed by atoms with Gasteiger partial charge in [-0.1, -0.05) is 11.6 Å². The molecule has 0 radical (unpaired) electrons. The molecule has 158 valence electrons. The van der Waals surface area contributed by atoms with Crippen molar-refractivity contribution in [3.8, 4) is 11.3 Å². The molecule has 9 heteroatoms. The highest BCUT2D eigenvalue weighted by atomic mass is 35.5. The molecule has 0 aromatic carbocycles. The van der Waals surface area contributed by atoms with Gasteiger partial charge in [-0.05, 0) is 50.8 Å². The lowest BCUT2D eigenvalue weighted by Crippen LogP contribution is -2.35. The van der Waals surface area contributed by atoms with E-state index in [1.807, 2.05) is 6.92 Å². The Morgan fingerprint density at radius 2 is 1.97 bits per heavy atom. The van der Waals surface area contributed by atoms with E-state index in [1.54, 1.807) is 30.6 Å². The summed E-state index contributed by atoms with van der Waals surface area (Å²) in [5.74, 6) is 0. The molecule has 1 aliphatic rings. The molecule has 2 heterocycles. The van der Waals surface area contributed by atoms with E-state index in [2.05, 4.69) is 20.6 Å². The summed E-state index contributed by atoms with van der Waals surface area (Å²) >= 11 is 6.08. The van der Waals surface area contributed by atoms with E-state index in [4.69, 9.17) is 11.6 Å². The first-order chi connectivity index (χ1) is 13.6. The molecule has 5 nitrogen and oxygen atoms in total. The quantitative estimate of drug-likeness (QED) is 0.547. The number of aliphatic hydroxyl groups is 1. The predicted octanol–water partition coefficient (Wildman–Crippen LogP) is 5.27. The zero-order valence-corrected chi connectivity index (χ0v) is 16.8. The van der Waals surface area contributed by atoms with E-state index in [1.165, 1.54) is 0 Å². The van der Waals surface area contributed by atoms with Gasteiger partial charge in [-0.15, -0.1) is 0 Å². The van der Waals surface area contributed by atoms with Gasteiger partial charge in [0.25, 0.3) is 0 Å². The van der Waals surface area contributed by atoms with E-state index >= 15 is 0 Å². The predicted molar refractivity (Wildman–Crippen MR) is 108 cm³/mol. The molecule has 0 spiro atoms. The second-order valence-electron chi connectivity index (χ2n) is 7.69. The van der Waals surface area contributed by atoms with Gasteiger partial charge in [0.2, 0.25) is 0 Å². The Labute approximate surface area is 172 Å². The Hall–Kier alpha value is -2.06. The summed E-state index contributed by atoms with van der Waals surface area (Å²) in [5.41, 5.74) is 1.97. The van der Waals surface area contributed by atoms with Crippen molar-refractivity contribution in [3.63, 3.8) is 0 Å². The van der Waals surface area contributed by atoms with Crippen LogP contribution in [0.1, 0.15) is 39.0 Å². The normalized spacial score (nSPS) is 22.3. The Bertz CT molecular complexity index is 835. The molecule has 0 aliphatic heterocycles. The Kier molecular flexibility index (Phi) is 6.53. The lowest BCUT2D eigenvalue weighted by Gasteiger charge is -2.34. The van der Waals surface area contributed by atoms with E-state index in [0.717, 1.165) is 18.5 Å². The highest BCUT2D eigenvalue weighted by Gasteiger charge is 2.29. The van der Waals surface area contributed by atoms with Crippen LogP contribution in [0.2, 0.25) is 5.15 Å². The number of alkyl halides is 3. The minimum atomic E-state index is -4.20. The van der Waals surface area contributed by atoms with Crippen molar-refractivity contribution in [2.45, 2.75) is 56.8 Å². The third-order valence-corrected chi connectivity index (χ3v) is 5.27. The van der Waals surface area contributed by atoms with Gasteiger partial charge >= 0.3 is 6.18 Å². The van der Waals surface area contributed by atoms with Crippen LogP contribution in [0.25, 0.3) is 11.3 Å². The van der Waals surface area contributed by atoms with Crippen LogP contribution in [0.4, 0.5) is 24.5 Å². The lowest BCUT2D eigenvalue weighted by molar-refractivity contribution is -0.131. The van der Waals surface area contributed by atoms with Crippen LogP contribution in [-0.4, -0.2) is 39.4 Å². The Morgan fingerprint density at radius 3 is 2.66 bits per heavy atom. The lowest BCUT2D eigenvalue weighted by atomic mass is 9.83. The highest BCUT2D eigenvalue weighted by molar-refractivity contribution is 6.29. The van der Waals surface area contributed by atoms with Crippen LogP contribution in [0, 0.1) is 0 Å². The van der Waals surface area contributed by atoms with Crippen LogP contribution in [0.15, 0.2) is 30.6 Å². The second kappa shape index (κ2) is 8.75. The Morgan fingerprint density at radius 1 is 1.24 bits per heavy atom. The maximum Gasteiger partial charge on any atom is 0.390 e. The zero-order chi connectivity index (χ0) is 21.1. The first kappa shape index (κ1) is 21.6. The summed E-state index contributed by atoms with van der Waals surface area (Å²) in [7, 11) is 0. The van der Waals surface area contributed by atoms with Crippen molar-refractivity contribution in [2.75, 3.05) is 17.2 Å². The van der Waals surface area contributed by atoms with Crippen molar-refractivity contribution in [2.24, 2.45) is 0 Å². The van der Waals surface area contributed by atoms with Gasteiger partial charge in [0.15, 0.2) is 0 Å². The average molecular weight is 429 g/mol.